The number of tetrazole rings is 1. The first kappa shape index (κ1) is 23.1. The molecular weight excluding hydrogens is 451 g/mol. The molecule has 2 fully saturated rings. The molecule has 12 heteroatoms. The number of rotatable bonds is 6. The summed E-state index contributed by atoms with van der Waals surface area (Å²) in [5.41, 5.74) is 6.70. The van der Waals surface area contributed by atoms with Gasteiger partial charge in [-0.1, -0.05) is 6.42 Å². The lowest BCUT2D eigenvalue weighted by Crippen LogP contribution is -2.56. The Balaban J connectivity index is 1.45. The third-order valence-electron chi connectivity index (χ3n) is 6.98. The average Bonchev–Trinajstić information content (AvgIpc) is 3.29. The lowest BCUT2D eigenvalue weighted by molar-refractivity contribution is 0.0890. The van der Waals surface area contributed by atoms with E-state index < -0.39 is 11.7 Å². The van der Waals surface area contributed by atoms with Crippen LogP contribution in [-0.2, 0) is 0 Å². The highest BCUT2D eigenvalue weighted by atomic mass is 19.1. The summed E-state index contributed by atoms with van der Waals surface area (Å²) in [6.45, 7) is 3.91. The summed E-state index contributed by atoms with van der Waals surface area (Å²) in [4.78, 5) is 25.8. The van der Waals surface area contributed by atoms with Gasteiger partial charge in [-0.2, -0.15) is 9.67 Å². The Morgan fingerprint density at radius 3 is 2.83 bits per heavy atom. The maximum Gasteiger partial charge on any atom is 0.254 e. The van der Waals surface area contributed by atoms with Crippen LogP contribution in [0.3, 0.4) is 0 Å². The molecule has 2 aliphatic heterocycles. The van der Waals surface area contributed by atoms with Crippen molar-refractivity contribution in [2.45, 2.75) is 51.1 Å². The van der Waals surface area contributed by atoms with Crippen molar-refractivity contribution in [3.05, 3.63) is 41.6 Å². The third kappa shape index (κ3) is 4.53. The van der Waals surface area contributed by atoms with Crippen LogP contribution in [0.15, 0.2) is 24.4 Å². The summed E-state index contributed by atoms with van der Waals surface area (Å²) < 4.78 is 15.8. The molecule has 2 saturated heterocycles. The number of aryl methyl sites for hydroxylation is 1. The van der Waals surface area contributed by atoms with Crippen LogP contribution in [0.4, 0.5) is 21.8 Å². The largest absolute Gasteiger partial charge is 0.365 e. The number of hydrogen-bond donors (Lipinski definition) is 2. The molecule has 1 amide bonds. The molecule has 0 radical (unpaired) electrons. The molecule has 35 heavy (non-hydrogen) atoms. The number of carbonyl (C=O) groups excluding carboxylic acids is 1. The molecule has 0 aliphatic carbocycles. The molecule has 2 aromatic heterocycles. The van der Waals surface area contributed by atoms with Gasteiger partial charge < -0.3 is 16.0 Å². The summed E-state index contributed by atoms with van der Waals surface area (Å²) in [6, 6.07) is 5.13. The molecule has 0 bridgehead atoms. The Labute approximate surface area is 202 Å². The Hall–Kier alpha value is -3.67. The highest BCUT2D eigenvalue weighted by molar-refractivity contribution is 5.97. The van der Waals surface area contributed by atoms with Crippen LogP contribution in [0, 0.1) is 12.7 Å². The van der Waals surface area contributed by atoms with Crippen LogP contribution in [0.2, 0.25) is 0 Å². The number of primary amides is 1. The number of fused-ring (bicyclic) bond motifs is 1. The molecule has 4 heterocycles. The van der Waals surface area contributed by atoms with Gasteiger partial charge in [0.15, 0.2) is 5.82 Å². The fourth-order valence-corrected chi connectivity index (χ4v) is 5.25. The molecule has 2 atom stereocenters. The van der Waals surface area contributed by atoms with Gasteiger partial charge >= 0.3 is 0 Å². The second kappa shape index (κ2) is 9.53. The lowest BCUT2D eigenvalue weighted by atomic mass is 9.88. The van der Waals surface area contributed by atoms with Crippen LogP contribution in [0.5, 0.6) is 0 Å². The maximum atomic E-state index is 14.5. The summed E-state index contributed by atoms with van der Waals surface area (Å²) in [7, 11) is 1.97. The van der Waals surface area contributed by atoms with Gasteiger partial charge in [0.1, 0.15) is 22.9 Å². The zero-order valence-electron chi connectivity index (χ0n) is 19.9. The molecule has 184 valence electrons. The normalized spacial score (nSPS) is 20.3. The predicted molar refractivity (Wildman–Crippen MR) is 128 cm³/mol. The molecular formula is C23H29FN10O. The number of nitrogens with one attached hydrogen (secondary N) is 1. The van der Waals surface area contributed by atoms with Gasteiger partial charge in [0, 0.05) is 31.0 Å². The lowest BCUT2D eigenvalue weighted by Gasteiger charge is -2.47. The summed E-state index contributed by atoms with van der Waals surface area (Å²) in [6.07, 6.45) is 7.13. The van der Waals surface area contributed by atoms with Crippen LogP contribution in [0.1, 0.15) is 48.3 Å². The van der Waals surface area contributed by atoms with Crippen molar-refractivity contribution in [1.82, 2.24) is 35.1 Å². The summed E-state index contributed by atoms with van der Waals surface area (Å²) in [5.74, 6) is 0.181. The molecule has 5 rings (SSSR count). The van der Waals surface area contributed by atoms with Gasteiger partial charge in [-0.05, 0) is 74.3 Å². The Morgan fingerprint density at radius 2 is 2.06 bits per heavy atom. The van der Waals surface area contributed by atoms with E-state index in [1.54, 1.807) is 19.1 Å². The van der Waals surface area contributed by atoms with Crippen molar-refractivity contribution < 1.29 is 9.18 Å². The van der Waals surface area contributed by atoms with Gasteiger partial charge in [-0.25, -0.2) is 9.37 Å². The van der Waals surface area contributed by atoms with E-state index in [1.165, 1.54) is 29.8 Å². The number of amides is 1. The molecule has 3 aromatic rings. The molecule has 2 aliphatic rings. The van der Waals surface area contributed by atoms with Crippen molar-refractivity contribution in [2.24, 2.45) is 5.73 Å². The van der Waals surface area contributed by atoms with Crippen molar-refractivity contribution in [1.29, 1.82) is 0 Å². The number of anilines is 3. The number of carbonyl (C=O) groups is 1. The Kier molecular flexibility index (Phi) is 6.29. The van der Waals surface area contributed by atoms with E-state index in [4.69, 9.17) is 5.73 Å². The van der Waals surface area contributed by atoms with Crippen LogP contribution in [-0.4, -0.2) is 73.2 Å². The first-order valence-electron chi connectivity index (χ1n) is 11.9. The molecule has 11 nitrogen and oxygen atoms in total. The highest BCUT2D eigenvalue weighted by Gasteiger charge is 2.36. The number of piperidine rings is 2. The van der Waals surface area contributed by atoms with Crippen LogP contribution >= 0.6 is 0 Å². The Bertz CT molecular complexity index is 1230. The van der Waals surface area contributed by atoms with Crippen LogP contribution in [0.25, 0.3) is 5.69 Å². The minimum absolute atomic E-state index is 0.197. The van der Waals surface area contributed by atoms with E-state index in [0.717, 1.165) is 32.4 Å². The van der Waals surface area contributed by atoms with E-state index in [-0.39, 0.29) is 23.2 Å². The van der Waals surface area contributed by atoms with E-state index in [2.05, 4.69) is 40.6 Å². The second-order valence-corrected chi connectivity index (χ2v) is 9.14. The quantitative estimate of drug-likeness (QED) is 0.545. The summed E-state index contributed by atoms with van der Waals surface area (Å²) in [5, 5.41) is 14.4. The smallest absolute Gasteiger partial charge is 0.254 e. The number of nitrogens with zero attached hydrogens (tertiary/aromatic N) is 8. The minimum Gasteiger partial charge on any atom is -0.365 e. The zero-order valence-corrected chi connectivity index (χ0v) is 19.9. The third-order valence-corrected chi connectivity index (χ3v) is 6.98. The fourth-order valence-electron chi connectivity index (χ4n) is 5.25. The SMILES string of the molecule is Cc1nnnn1-c1cc(Nc2ncc(C(N)=O)c(N(C)[C@H]3CCCN4CCCC[C@H]34)n2)ccc1F. The molecule has 0 saturated carbocycles. The van der Waals surface area contributed by atoms with Crippen molar-refractivity contribution in [3.8, 4) is 5.69 Å². The number of aromatic nitrogens is 6. The topological polar surface area (TPSA) is 131 Å². The van der Waals surface area contributed by atoms with Gasteiger partial charge in [-0.15, -0.1) is 5.10 Å². The fraction of sp³-hybridized carbons (Fsp3) is 0.478. The molecule has 1 aromatic carbocycles. The van der Waals surface area contributed by atoms with E-state index in [0.29, 0.717) is 23.4 Å². The predicted octanol–water partition coefficient (Wildman–Crippen LogP) is 2.20. The molecule has 0 spiro atoms. The Morgan fingerprint density at radius 1 is 1.23 bits per heavy atom. The van der Waals surface area contributed by atoms with Gasteiger partial charge in [-0.3, -0.25) is 9.69 Å². The van der Waals surface area contributed by atoms with Gasteiger partial charge in [0.25, 0.3) is 5.91 Å². The minimum atomic E-state index is -0.576. The standard InChI is InChI=1S/C23H29FN10O/c1-14-29-30-31-34(14)20-12-15(8-9-17(20)24)27-23-26-13-16(21(25)35)22(28-23)32(2)18-7-5-11-33-10-4-3-6-19(18)33/h8-9,12-13,18-19H,3-7,10-11H2,1-2H3,(H2,25,35)(H,26,27,28)/t18-,19+/m0/s1. The van der Waals surface area contributed by atoms with Crippen LogP contribution < -0.4 is 16.0 Å². The average molecular weight is 481 g/mol. The van der Waals surface area contributed by atoms with Gasteiger partial charge in [0.05, 0.1) is 0 Å². The highest BCUT2D eigenvalue weighted by Crippen LogP contribution is 2.32. The van der Waals surface area contributed by atoms with Crippen molar-refractivity contribution in [2.75, 3.05) is 30.4 Å². The number of benzene rings is 1. The number of likely N-dealkylation sites (N-methyl/N-ethyl adjacent to an activating group) is 1. The molecule has 3 N–H and O–H groups in total. The van der Waals surface area contributed by atoms with Crippen molar-refractivity contribution >= 4 is 23.4 Å². The second-order valence-electron chi connectivity index (χ2n) is 9.14. The molecule has 0 unspecified atom stereocenters. The van der Waals surface area contributed by atoms with E-state index in [1.807, 2.05) is 7.05 Å². The number of hydrogen-bond acceptors (Lipinski definition) is 9. The first-order valence-corrected chi connectivity index (χ1v) is 11.9. The zero-order chi connectivity index (χ0) is 24.5. The monoisotopic (exact) mass is 480 g/mol. The van der Waals surface area contributed by atoms with Gasteiger partial charge in [0.2, 0.25) is 5.95 Å². The van der Waals surface area contributed by atoms with E-state index >= 15 is 0 Å². The number of nitrogens with two attached hydrogens (primary N) is 1. The number of halogens is 1. The maximum absolute atomic E-state index is 14.5. The van der Waals surface area contributed by atoms with E-state index in [9.17, 15) is 9.18 Å². The summed E-state index contributed by atoms with van der Waals surface area (Å²) >= 11 is 0. The van der Waals surface area contributed by atoms with Crippen molar-refractivity contribution in [3.63, 3.8) is 0 Å². The first-order chi connectivity index (χ1) is 16.9.